The second-order valence-electron chi connectivity index (χ2n) is 5.34. The molecule has 0 spiro atoms. The first-order valence-corrected chi connectivity index (χ1v) is 7.88. The van der Waals surface area contributed by atoms with Crippen LogP contribution in [0, 0.1) is 5.92 Å². The highest BCUT2D eigenvalue weighted by atomic mass is 32.1. The maximum Gasteiger partial charge on any atom is 0.310 e. The zero-order chi connectivity index (χ0) is 13.7. The molecule has 4 heteroatoms. The highest BCUT2D eigenvalue weighted by Gasteiger charge is 2.21. The molecule has 0 aliphatic heterocycles. The third-order valence-electron chi connectivity index (χ3n) is 3.97. The van der Waals surface area contributed by atoms with Gasteiger partial charge in [0.25, 0.3) is 0 Å². The molecule has 19 heavy (non-hydrogen) atoms. The lowest BCUT2D eigenvalue weighted by molar-refractivity contribution is -0.139. The van der Waals surface area contributed by atoms with E-state index in [0.717, 1.165) is 17.3 Å². The van der Waals surface area contributed by atoms with Crippen LogP contribution >= 0.6 is 11.3 Å². The Morgan fingerprint density at radius 1 is 1.42 bits per heavy atom. The van der Waals surface area contributed by atoms with Gasteiger partial charge in [-0.15, -0.1) is 11.3 Å². The van der Waals surface area contributed by atoms with Gasteiger partial charge >= 0.3 is 5.97 Å². The molecule has 3 nitrogen and oxygen atoms in total. The van der Waals surface area contributed by atoms with Crippen molar-refractivity contribution in [1.29, 1.82) is 0 Å². The topological polar surface area (TPSA) is 38.3 Å². The van der Waals surface area contributed by atoms with Crippen LogP contribution in [0.4, 0.5) is 0 Å². The fourth-order valence-electron chi connectivity index (χ4n) is 2.71. The third-order valence-corrected chi connectivity index (χ3v) is 5.05. The summed E-state index contributed by atoms with van der Waals surface area (Å²) in [6, 6.07) is 4.73. The van der Waals surface area contributed by atoms with Crippen LogP contribution in [-0.4, -0.2) is 19.1 Å². The minimum Gasteiger partial charge on any atom is -0.469 e. The Hall–Kier alpha value is -0.870. The van der Waals surface area contributed by atoms with Crippen LogP contribution in [0.15, 0.2) is 12.1 Å². The maximum absolute atomic E-state index is 11.2. The quantitative estimate of drug-likeness (QED) is 0.814. The second kappa shape index (κ2) is 7.06. The van der Waals surface area contributed by atoms with E-state index in [1.165, 1.54) is 37.7 Å². The molecular formula is C15H23NO2S. The Bertz CT molecular complexity index is 410. The molecule has 0 radical (unpaired) electrons. The molecule has 1 fully saturated rings. The molecule has 1 N–H and O–H groups in total. The van der Waals surface area contributed by atoms with Crippen LogP contribution in [-0.2, 0) is 22.5 Å². The first-order chi connectivity index (χ1) is 9.19. The lowest BCUT2D eigenvalue weighted by atomic mass is 10.00. The SMILES string of the molecule is COC(=O)Cc1ccc(CN[C@@H](C)C2CCCC2)s1. The van der Waals surface area contributed by atoms with Gasteiger partial charge in [-0.25, -0.2) is 0 Å². The number of hydrogen-bond acceptors (Lipinski definition) is 4. The molecule has 1 aromatic heterocycles. The van der Waals surface area contributed by atoms with Crippen molar-refractivity contribution in [2.24, 2.45) is 5.92 Å². The average molecular weight is 281 g/mol. The van der Waals surface area contributed by atoms with Gasteiger partial charge in [0.2, 0.25) is 0 Å². The fourth-order valence-corrected chi connectivity index (χ4v) is 3.67. The van der Waals surface area contributed by atoms with Gasteiger partial charge in [-0.05, 0) is 37.8 Å². The van der Waals surface area contributed by atoms with E-state index >= 15 is 0 Å². The summed E-state index contributed by atoms with van der Waals surface area (Å²) in [5.74, 6) is 0.676. The number of rotatable bonds is 6. The van der Waals surface area contributed by atoms with E-state index in [4.69, 9.17) is 0 Å². The Balaban J connectivity index is 1.77. The van der Waals surface area contributed by atoms with Crippen molar-refractivity contribution in [3.63, 3.8) is 0 Å². The van der Waals surface area contributed by atoms with Crippen LogP contribution in [0.1, 0.15) is 42.4 Å². The smallest absolute Gasteiger partial charge is 0.310 e. The molecule has 2 rings (SSSR count). The van der Waals surface area contributed by atoms with E-state index in [0.29, 0.717) is 12.5 Å². The van der Waals surface area contributed by atoms with E-state index in [2.05, 4.69) is 23.0 Å². The molecular weight excluding hydrogens is 258 g/mol. The molecule has 0 unspecified atom stereocenters. The molecule has 0 amide bonds. The highest BCUT2D eigenvalue weighted by Crippen LogP contribution is 2.28. The minimum absolute atomic E-state index is 0.166. The van der Waals surface area contributed by atoms with Gasteiger partial charge in [0.05, 0.1) is 13.5 Å². The molecule has 1 saturated carbocycles. The van der Waals surface area contributed by atoms with Gasteiger partial charge < -0.3 is 10.1 Å². The summed E-state index contributed by atoms with van der Waals surface area (Å²) in [4.78, 5) is 13.6. The van der Waals surface area contributed by atoms with Crippen LogP contribution in [0.25, 0.3) is 0 Å². The largest absolute Gasteiger partial charge is 0.469 e. The van der Waals surface area contributed by atoms with E-state index < -0.39 is 0 Å². The van der Waals surface area contributed by atoms with Crippen molar-refractivity contribution in [1.82, 2.24) is 5.32 Å². The molecule has 1 aliphatic carbocycles. The Morgan fingerprint density at radius 2 is 2.11 bits per heavy atom. The summed E-state index contributed by atoms with van der Waals surface area (Å²) in [5.41, 5.74) is 0. The van der Waals surface area contributed by atoms with Crippen molar-refractivity contribution in [3.05, 3.63) is 21.9 Å². The van der Waals surface area contributed by atoms with Crippen LogP contribution < -0.4 is 5.32 Å². The van der Waals surface area contributed by atoms with Crippen molar-refractivity contribution < 1.29 is 9.53 Å². The molecule has 1 atom stereocenters. The van der Waals surface area contributed by atoms with Crippen molar-refractivity contribution >= 4 is 17.3 Å². The lowest BCUT2D eigenvalue weighted by Crippen LogP contribution is -2.31. The molecule has 1 aromatic rings. The Kier molecular flexibility index (Phi) is 5.40. The third kappa shape index (κ3) is 4.32. The number of carbonyl (C=O) groups is 1. The van der Waals surface area contributed by atoms with Crippen LogP contribution in [0.2, 0.25) is 0 Å². The van der Waals surface area contributed by atoms with E-state index in [1.54, 1.807) is 11.3 Å². The van der Waals surface area contributed by atoms with Gasteiger partial charge in [0.15, 0.2) is 0 Å². The van der Waals surface area contributed by atoms with Gasteiger partial charge in [0, 0.05) is 22.3 Å². The van der Waals surface area contributed by atoms with Crippen molar-refractivity contribution in [2.75, 3.05) is 7.11 Å². The summed E-state index contributed by atoms with van der Waals surface area (Å²) in [6.45, 7) is 3.20. The summed E-state index contributed by atoms with van der Waals surface area (Å²) in [6.07, 6.45) is 5.90. The molecule has 1 aliphatic rings. The molecule has 0 saturated heterocycles. The fraction of sp³-hybridized carbons (Fsp3) is 0.667. The highest BCUT2D eigenvalue weighted by molar-refractivity contribution is 7.12. The van der Waals surface area contributed by atoms with Gasteiger partial charge in [0.1, 0.15) is 0 Å². The Morgan fingerprint density at radius 3 is 2.79 bits per heavy atom. The monoisotopic (exact) mass is 281 g/mol. The van der Waals surface area contributed by atoms with E-state index in [9.17, 15) is 4.79 Å². The zero-order valence-corrected chi connectivity index (χ0v) is 12.6. The molecule has 0 bridgehead atoms. The summed E-state index contributed by atoms with van der Waals surface area (Å²) in [7, 11) is 1.43. The molecule has 1 heterocycles. The second-order valence-corrected chi connectivity index (χ2v) is 6.59. The van der Waals surface area contributed by atoms with Crippen molar-refractivity contribution in [3.8, 4) is 0 Å². The predicted octanol–water partition coefficient (Wildman–Crippen LogP) is 3.13. The number of esters is 1. The summed E-state index contributed by atoms with van der Waals surface area (Å²) < 4.78 is 4.68. The summed E-state index contributed by atoms with van der Waals surface area (Å²) in [5, 5.41) is 3.62. The van der Waals surface area contributed by atoms with Gasteiger partial charge in [-0.2, -0.15) is 0 Å². The number of nitrogens with one attached hydrogen (secondary N) is 1. The van der Waals surface area contributed by atoms with Crippen molar-refractivity contribution in [2.45, 2.75) is 51.6 Å². The molecule has 0 aromatic carbocycles. The number of methoxy groups -OCH3 is 1. The Labute approximate surface area is 119 Å². The van der Waals surface area contributed by atoms with E-state index in [1.807, 2.05) is 6.07 Å². The van der Waals surface area contributed by atoms with Gasteiger partial charge in [-0.1, -0.05) is 12.8 Å². The number of carbonyl (C=O) groups excluding carboxylic acids is 1. The van der Waals surface area contributed by atoms with Crippen LogP contribution in [0.3, 0.4) is 0 Å². The van der Waals surface area contributed by atoms with Crippen LogP contribution in [0.5, 0.6) is 0 Å². The maximum atomic E-state index is 11.2. The first-order valence-electron chi connectivity index (χ1n) is 7.07. The molecule has 106 valence electrons. The van der Waals surface area contributed by atoms with E-state index in [-0.39, 0.29) is 5.97 Å². The number of thiophene rings is 1. The normalized spacial score (nSPS) is 17.6. The average Bonchev–Trinajstić information content (AvgIpc) is 3.07. The predicted molar refractivity (Wildman–Crippen MR) is 78.3 cm³/mol. The first kappa shape index (κ1) is 14.5. The zero-order valence-electron chi connectivity index (χ0n) is 11.8. The number of hydrogen-bond donors (Lipinski definition) is 1. The minimum atomic E-state index is -0.166. The lowest BCUT2D eigenvalue weighted by Gasteiger charge is -2.19. The summed E-state index contributed by atoms with van der Waals surface area (Å²) >= 11 is 1.70. The van der Waals surface area contributed by atoms with Gasteiger partial charge in [-0.3, -0.25) is 4.79 Å². The standard InChI is InChI=1S/C15H23NO2S/c1-11(12-5-3-4-6-12)16-10-14-8-7-13(19-14)9-15(17)18-2/h7-8,11-12,16H,3-6,9-10H2,1-2H3/t11-/m0/s1. The number of ether oxygens (including phenoxy) is 1.